The van der Waals surface area contributed by atoms with E-state index < -0.39 is 26.6 Å². The van der Waals surface area contributed by atoms with E-state index in [0.717, 1.165) is 103 Å². The number of unbranched alkanes of at least 4 members (excludes halogenated alkanes) is 31. The number of aliphatic hydroxyl groups is 1. The SMILES string of the molecule is CC/C=C\C/C=C\C/C=C\C/C=C\C/C=C\C/C=C\C/C=C\CCCCCCCC(=O)NC(COP(=O)([O-])OCC[N+](C)(C)C)C(O)/C=C/CCCCCCCCCCCCCCCCCCCCCCCCCCCC. The second-order valence-electron chi connectivity index (χ2n) is 22.7. The molecular formula is C68H123N2O6P. The summed E-state index contributed by atoms with van der Waals surface area (Å²) in [5.74, 6) is -0.217. The number of nitrogens with zero attached hydrogens (tertiary/aromatic N) is 1. The third-order valence-electron chi connectivity index (χ3n) is 14.0. The molecule has 446 valence electrons. The molecule has 0 spiro atoms. The molecular weight excluding hydrogens is 972 g/mol. The molecule has 3 unspecified atom stereocenters. The maximum Gasteiger partial charge on any atom is 0.268 e. The van der Waals surface area contributed by atoms with Crippen LogP contribution in [-0.2, 0) is 18.4 Å². The van der Waals surface area contributed by atoms with E-state index >= 15 is 0 Å². The van der Waals surface area contributed by atoms with Crippen molar-refractivity contribution in [1.29, 1.82) is 0 Å². The van der Waals surface area contributed by atoms with Crippen LogP contribution >= 0.6 is 7.82 Å². The molecule has 0 bridgehead atoms. The number of carbonyl (C=O) groups is 1. The fraction of sp³-hybridized carbons (Fsp3) is 0.750. The lowest BCUT2D eigenvalue weighted by Crippen LogP contribution is -2.45. The fourth-order valence-electron chi connectivity index (χ4n) is 9.08. The Morgan fingerprint density at radius 3 is 1.16 bits per heavy atom. The first-order valence-corrected chi connectivity index (χ1v) is 33.6. The summed E-state index contributed by atoms with van der Waals surface area (Å²) >= 11 is 0. The maximum atomic E-state index is 13.0. The number of likely N-dealkylation sites (N-methyl/N-ethyl adjacent to an activating group) is 1. The topological polar surface area (TPSA) is 108 Å². The van der Waals surface area contributed by atoms with Gasteiger partial charge in [0, 0.05) is 6.42 Å². The van der Waals surface area contributed by atoms with Crippen molar-refractivity contribution in [1.82, 2.24) is 5.32 Å². The van der Waals surface area contributed by atoms with Crippen molar-refractivity contribution in [3.63, 3.8) is 0 Å². The largest absolute Gasteiger partial charge is 0.756 e. The maximum absolute atomic E-state index is 13.0. The van der Waals surface area contributed by atoms with Gasteiger partial charge in [0.05, 0.1) is 39.9 Å². The van der Waals surface area contributed by atoms with E-state index in [1.54, 1.807) is 6.08 Å². The van der Waals surface area contributed by atoms with Crippen molar-refractivity contribution in [2.45, 2.75) is 289 Å². The second-order valence-corrected chi connectivity index (χ2v) is 24.1. The highest BCUT2D eigenvalue weighted by Gasteiger charge is 2.23. The van der Waals surface area contributed by atoms with Gasteiger partial charge in [0.25, 0.3) is 7.82 Å². The summed E-state index contributed by atoms with van der Waals surface area (Å²) in [4.78, 5) is 25.6. The van der Waals surface area contributed by atoms with Gasteiger partial charge < -0.3 is 28.8 Å². The Hall–Kier alpha value is -2.58. The number of phosphoric ester groups is 1. The summed E-state index contributed by atoms with van der Waals surface area (Å²) in [6, 6.07) is -0.906. The van der Waals surface area contributed by atoms with Crippen molar-refractivity contribution < 1.29 is 32.9 Å². The highest BCUT2D eigenvalue weighted by molar-refractivity contribution is 7.45. The number of rotatable bonds is 58. The smallest absolute Gasteiger partial charge is 0.268 e. The van der Waals surface area contributed by atoms with Crippen LogP contribution in [0.3, 0.4) is 0 Å². The predicted octanol–water partition coefficient (Wildman–Crippen LogP) is 19.5. The van der Waals surface area contributed by atoms with Crippen molar-refractivity contribution >= 4 is 13.7 Å². The van der Waals surface area contributed by atoms with Crippen LogP contribution < -0.4 is 10.2 Å². The van der Waals surface area contributed by atoms with E-state index in [1.807, 2.05) is 27.2 Å². The molecule has 0 aliphatic heterocycles. The van der Waals surface area contributed by atoms with Crippen molar-refractivity contribution in [3.05, 3.63) is 97.2 Å². The summed E-state index contributed by atoms with van der Waals surface area (Å²) in [6.07, 6.45) is 83.6. The minimum atomic E-state index is -4.61. The third-order valence-corrected chi connectivity index (χ3v) is 15.0. The Kier molecular flexibility index (Phi) is 56.1. The molecule has 0 radical (unpaired) electrons. The fourth-order valence-corrected chi connectivity index (χ4v) is 9.80. The van der Waals surface area contributed by atoms with Gasteiger partial charge in [-0.1, -0.05) is 291 Å². The number of hydrogen-bond donors (Lipinski definition) is 2. The number of allylic oxidation sites excluding steroid dienone is 15. The molecule has 0 aromatic heterocycles. The first-order valence-electron chi connectivity index (χ1n) is 32.1. The molecule has 0 rings (SSSR count). The van der Waals surface area contributed by atoms with Crippen molar-refractivity contribution in [3.8, 4) is 0 Å². The summed E-state index contributed by atoms with van der Waals surface area (Å²) < 4.78 is 23.4. The average molecular weight is 1100 g/mol. The number of amides is 1. The minimum Gasteiger partial charge on any atom is -0.756 e. The molecule has 0 aliphatic rings. The first kappa shape index (κ1) is 74.4. The molecule has 0 heterocycles. The lowest BCUT2D eigenvalue weighted by atomic mass is 10.0. The molecule has 0 fully saturated rings. The Labute approximate surface area is 477 Å². The van der Waals surface area contributed by atoms with E-state index in [2.05, 4.69) is 104 Å². The van der Waals surface area contributed by atoms with E-state index in [4.69, 9.17) is 9.05 Å². The van der Waals surface area contributed by atoms with Crippen LogP contribution in [-0.4, -0.2) is 68.5 Å². The summed E-state index contributed by atoms with van der Waals surface area (Å²) in [5.41, 5.74) is 0. The Balaban J connectivity index is 4.22. The third kappa shape index (κ3) is 60.9. The predicted molar refractivity (Wildman–Crippen MR) is 334 cm³/mol. The molecule has 3 atom stereocenters. The van der Waals surface area contributed by atoms with Crippen LogP contribution in [0.5, 0.6) is 0 Å². The number of carbonyl (C=O) groups excluding carboxylic acids is 1. The van der Waals surface area contributed by atoms with Crippen LogP contribution in [0, 0.1) is 0 Å². The zero-order chi connectivity index (χ0) is 56.3. The van der Waals surface area contributed by atoms with E-state index in [9.17, 15) is 19.4 Å². The van der Waals surface area contributed by atoms with Gasteiger partial charge in [0.1, 0.15) is 13.2 Å². The molecule has 9 heteroatoms. The summed E-state index contributed by atoms with van der Waals surface area (Å²) in [6.45, 7) is 4.54. The number of quaternary nitrogens is 1. The monoisotopic (exact) mass is 1090 g/mol. The molecule has 77 heavy (non-hydrogen) atoms. The highest BCUT2D eigenvalue weighted by atomic mass is 31.2. The highest BCUT2D eigenvalue weighted by Crippen LogP contribution is 2.38. The van der Waals surface area contributed by atoms with Crippen LogP contribution in [0.2, 0.25) is 0 Å². The number of hydrogen-bond acceptors (Lipinski definition) is 6. The van der Waals surface area contributed by atoms with Gasteiger partial charge in [-0.25, -0.2) is 0 Å². The zero-order valence-electron chi connectivity index (χ0n) is 50.9. The van der Waals surface area contributed by atoms with Gasteiger partial charge in [0.15, 0.2) is 0 Å². The second kappa shape index (κ2) is 58.1. The van der Waals surface area contributed by atoms with Gasteiger partial charge >= 0.3 is 0 Å². The van der Waals surface area contributed by atoms with Gasteiger partial charge in [-0.05, 0) is 77.0 Å². The Morgan fingerprint density at radius 1 is 0.468 bits per heavy atom. The molecule has 1 amide bonds. The quantitative estimate of drug-likeness (QED) is 0.0272. The first-order chi connectivity index (χ1) is 37.5. The Bertz CT molecular complexity index is 1570. The number of nitrogens with one attached hydrogen (secondary N) is 1. The van der Waals surface area contributed by atoms with Gasteiger partial charge in [-0.3, -0.25) is 9.36 Å². The van der Waals surface area contributed by atoms with Crippen LogP contribution in [0.15, 0.2) is 97.2 Å². The van der Waals surface area contributed by atoms with Crippen molar-refractivity contribution in [2.24, 2.45) is 0 Å². The van der Waals surface area contributed by atoms with Gasteiger partial charge in [-0.15, -0.1) is 0 Å². The normalized spacial score (nSPS) is 14.4. The van der Waals surface area contributed by atoms with Crippen LogP contribution in [0.1, 0.15) is 277 Å². The Morgan fingerprint density at radius 2 is 0.792 bits per heavy atom. The molecule has 8 nitrogen and oxygen atoms in total. The van der Waals surface area contributed by atoms with Crippen LogP contribution in [0.4, 0.5) is 0 Å². The summed E-state index contributed by atoms with van der Waals surface area (Å²) in [5, 5.41) is 13.9. The number of aliphatic hydroxyl groups excluding tert-OH is 1. The average Bonchev–Trinajstić information content (AvgIpc) is 3.39. The molecule has 0 saturated heterocycles. The molecule has 0 aliphatic carbocycles. The zero-order valence-corrected chi connectivity index (χ0v) is 51.8. The van der Waals surface area contributed by atoms with Crippen molar-refractivity contribution in [2.75, 3.05) is 40.9 Å². The van der Waals surface area contributed by atoms with Gasteiger partial charge in [0.2, 0.25) is 5.91 Å². The minimum absolute atomic E-state index is 0.00992. The lowest BCUT2D eigenvalue weighted by Gasteiger charge is -2.29. The standard InChI is InChI=1S/C68H123N2O6P/c1-6-8-10-12-14-16-18-20-22-24-26-28-30-32-34-36-37-39-41-43-45-47-49-51-53-55-57-59-61-67(71)66(65-76-77(73,74)75-64-63-70(3,4)5)69-68(72)62-60-58-56-54-52-50-48-46-44-42-40-38-35-33-31-29-27-25-23-21-19-17-15-13-11-9-7-2/h9,11,15,17,21,23,27,29,33,35,40,42,46,48,59,61,66-67,71H,6-8,10,12-14,16,18-20,22,24-26,28,30-32,34,36-39,41,43-45,47,49-58,60,62-65H2,1-5H3,(H-,69,72,73,74)/b11-9-,17-15-,23-21-,29-27-,35-33-,42-40-,48-46-,61-59+. The molecule has 0 saturated carbocycles. The molecule has 2 N–H and O–H groups in total. The summed E-state index contributed by atoms with van der Waals surface area (Å²) in [7, 11) is 1.24. The van der Waals surface area contributed by atoms with E-state index in [-0.39, 0.29) is 12.5 Å². The molecule has 0 aromatic rings. The lowest BCUT2D eigenvalue weighted by molar-refractivity contribution is -0.870. The van der Waals surface area contributed by atoms with E-state index in [1.165, 1.54) is 154 Å². The van der Waals surface area contributed by atoms with Gasteiger partial charge in [-0.2, -0.15) is 0 Å². The molecule has 0 aromatic carbocycles. The van der Waals surface area contributed by atoms with E-state index in [0.29, 0.717) is 17.4 Å². The number of phosphoric acid groups is 1. The van der Waals surface area contributed by atoms with Crippen LogP contribution in [0.25, 0.3) is 0 Å².